The van der Waals surface area contributed by atoms with E-state index in [0.29, 0.717) is 16.8 Å². The molecule has 1 aromatic carbocycles. The van der Waals surface area contributed by atoms with E-state index in [1.165, 1.54) is 18.3 Å². The van der Waals surface area contributed by atoms with E-state index in [4.69, 9.17) is 14.9 Å². The average Bonchev–Trinajstić information content (AvgIpc) is 3.05. The van der Waals surface area contributed by atoms with Gasteiger partial charge in [0, 0.05) is 11.8 Å². The lowest BCUT2D eigenvalue weighted by Crippen LogP contribution is -1.97. The van der Waals surface area contributed by atoms with Gasteiger partial charge in [-0.25, -0.2) is 4.79 Å². The molecule has 0 atom stereocenters. The fourth-order valence-electron chi connectivity index (χ4n) is 1.82. The molecule has 0 aliphatic rings. The van der Waals surface area contributed by atoms with Gasteiger partial charge in [0.2, 0.25) is 5.82 Å². The largest absolute Gasteiger partial charge is 0.478 e. The summed E-state index contributed by atoms with van der Waals surface area (Å²) in [4.78, 5) is 19.0. The van der Waals surface area contributed by atoms with E-state index in [0.717, 1.165) is 0 Å². The molecule has 0 fully saturated rings. The Kier molecular flexibility index (Phi) is 3.34. The van der Waals surface area contributed by atoms with Gasteiger partial charge in [-0.15, -0.1) is 0 Å². The van der Waals surface area contributed by atoms with Gasteiger partial charge < -0.3 is 9.63 Å². The maximum absolute atomic E-state index is 10.8. The number of nitriles is 1. The summed E-state index contributed by atoms with van der Waals surface area (Å²) < 4.78 is 5.16. The molecule has 0 saturated heterocycles. The Bertz CT molecular complexity index is 878. The second-order valence-electron chi connectivity index (χ2n) is 4.35. The van der Waals surface area contributed by atoms with Crippen LogP contribution in [0.15, 0.2) is 47.1 Å². The molecular weight excluding hydrogens is 284 g/mol. The van der Waals surface area contributed by atoms with E-state index in [9.17, 15) is 4.79 Å². The standard InChI is InChI=1S/C15H8N4O3/c16-7-9-2-1-3-10(6-9)14-18-13(19-22-14)12-5-4-11(8-17-12)15(20)21/h1-6,8H,(H,20,21). The van der Waals surface area contributed by atoms with Crippen molar-refractivity contribution in [2.24, 2.45) is 0 Å². The topological polar surface area (TPSA) is 113 Å². The van der Waals surface area contributed by atoms with Crippen LogP contribution in [0, 0.1) is 11.3 Å². The van der Waals surface area contributed by atoms with Crippen LogP contribution in [0.2, 0.25) is 0 Å². The van der Waals surface area contributed by atoms with E-state index in [-0.39, 0.29) is 17.3 Å². The number of rotatable bonds is 3. The molecule has 0 unspecified atom stereocenters. The molecule has 0 saturated carbocycles. The van der Waals surface area contributed by atoms with Crippen molar-refractivity contribution in [1.29, 1.82) is 5.26 Å². The quantitative estimate of drug-likeness (QED) is 0.788. The van der Waals surface area contributed by atoms with Gasteiger partial charge in [0.15, 0.2) is 0 Å². The number of carboxylic acids is 1. The number of pyridine rings is 1. The summed E-state index contributed by atoms with van der Waals surface area (Å²) in [7, 11) is 0. The molecular formula is C15H8N4O3. The summed E-state index contributed by atoms with van der Waals surface area (Å²) in [5.74, 6) is -0.549. The highest BCUT2D eigenvalue weighted by Gasteiger charge is 2.13. The molecule has 0 aliphatic heterocycles. The third-order valence-electron chi connectivity index (χ3n) is 2.90. The van der Waals surface area contributed by atoms with Crippen molar-refractivity contribution in [2.75, 3.05) is 0 Å². The molecule has 0 bridgehead atoms. The highest BCUT2D eigenvalue weighted by atomic mass is 16.5. The highest BCUT2D eigenvalue weighted by Crippen LogP contribution is 2.21. The van der Waals surface area contributed by atoms with E-state index >= 15 is 0 Å². The predicted octanol–water partition coefficient (Wildman–Crippen LogP) is 2.37. The lowest BCUT2D eigenvalue weighted by molar-refractivity contribution is 0.0696. The van der Waals surface area contributed by atoms with Crippen molar-refractivity contribution in [2.45, 2.75) is 0 Å². The normalized spacial score (nSPS) is 10.1. The molecule has 0 amide bonds. The lowest BCUT2D eigenvalue weighted by Gasteiger charge is -1.95. The molecule has 0 aliphatic carbocycles. The number of aromatic carboxylic acids is 1. The van der Waals surface area contributed by atoms with Gasteiger partial charge in [0.25, 0.3) is 5.89 Å². The van der Waals surface area contributed by atoms with Crippen LogP contribution < -0.4 is 0 Å². The minimum atomic E-state index is -1.05. The van der Waals surface area contributed by atoms with Gasteiger partial charge in [-0.05, 0) is 30.3 Å². The zero-order valence-electron chi connectivity index (χ0n) is 11.1. The molecule has 22 heavy (non-hydrogen) atoms. The SMILES string of the molecule is N#Cc1cccc(-c2nc(-c3ccc(C(=O)O)cn3)no2)c1. The summed E-state index contributed by atoms with van der Waals surface area (Å²) in [6.07, 6.45) is 1.23. The first-order valence-corrected chi connectivity index (χ1v) is 6.21. The molecule has 2 aromatic heterocycles. The minimum Gasteiger partial charge on any atom is -0.478 e. The smallest absolute Gasteiger partial charge is 0.337 e. The Morgan fingerprint density at radius 3 is 2.82 bits per heavy atom. The van der Waals surface area contributed by atoms with Crippen LogP contribution in [-0.4, -0.2) is 26.2 Å². The number of hydrogen-bond donors (Lipinski definition) is 1. The molecule has 3 aromatic rings. The van der Waals surface area contributed by atoms with E-state index in [2.05, 4.69) is 15.1 Å². The van der Waals surface area contributed by atoms with Gasteiger partial charge >= 0.3 is 5.97 Å². The van der Waals surface area contributed by atoms with Gasteiger partial charge in [-0.1, -0.05) is 11.2 Å². The van der Waals surface area contributed by atoms with Crippen LogP contribution in [0.4, 0.5) is 0 Å². The number of carboxylic acid groups (broad SMARTS) is 1. The molecule has 106 valence electrons. The Morgan fingerprint density at radius 1 is 1.27 bits per heavy atom. The predicted molar refractivity (Wildman–Crippen MR) is 74.6 cm³/mol. The molecule has 1 N–H and O–H groups in total. The van der Waals surface area contributed by atoms with Crippen LogP contribution in [0.25, 0.3) is 23.0 Å². The van der Waals surface area contributed by atoms with Crippen molar-refractivity contribution in [1.82, 2.24) is 15.1 Å². The molecule has 7 nitrogen and oxygen atoms in total. The first-order chi connectivity index (χ1) is 10.7. The fraction of sp³-hybridized carbons (Fsp3) is 0. The second kappa shape index (κ2) is 5.46. The summed E-state index contributed by atoms with van der Waals surface area (Å²) in [6, 6.07) is 11.7. The number of hydrogen-bond acceptors (Lipinski definition) is 6. The summed E-state index contributed by atoms with van der Waals surface area (Å²) in [5, 5.41) is 21.5. The monoisotopic (exact) mass is 292 g/mol. The first-order valence-electron chi connectivity index (χ1n) is 6.21. The fourth-order valence-corrected chi connectivity index (χ4v) is 1.82. The number of carbonyl (C=O) groups is 1. The van der Waals surface area contributed by atoms with Crippen LogP contribution in [0.5, 0.6) is 0 Å². The summed E-state index contributed by atoms with van der Waals surface area (Å²) in [5.41, 5.74) is 1.59. The van der Waals surface area contributed by atoms with Crippen molar-refractivity contribution < 1.29 is 14.4 Å². The van der Waals surface area contributed by atoms with E-state index in [1.807, 2.05) is 6.07 Å². The minimum absolute atomic E-state index is 0.0780. The number of benzene rings is 1. The maximum atomic E-state index is 10.8. The van der Waals surface area contributed by atoms with Crippen LogP contribution >= 0.6 is 0 Å². The molecule has 2 heterocycles. The highest BCUT2D eigenvalue weighted by molar-refractivity contribution is 5.87. The molecule has 7 heteroatoms. The lowest BCUT2D eigenvalue weighted by atomic mass is 10.1. The van der Waals surface area contributed by atoms with Gasteiger partial charge in [0.05, 0.1) is 17.2 Å². The van der Waals surface area contributed by atoms with Crippen molar-refractivity contribution in [3.05, 3.63) is 53.7 Å². The molecule has 0 radical (unpaired) electrons. The van der Waals surface area contributed by atoms with Gasteiger partial charge in [-0.2, -0.15) is 10.2 Å². The molecule has 0 spiro atoms. The number of nitrogens with zero attached hydrogens (tertiary/aromatic N) is 4. The maximum Gasteiger partial charge on any atom is 0.337 e. The Hall–Kier alpha value is -3.53. The Balaban J connectivity index is 1.93. The van der Waals surface area contributed by atoms with Crippen molar-refractivity contribution in [3.63, 3.8) is 0 Å². The molecule has 3 rings (SSSR count). The Morgan fingerprint density at radius 2 is 2.14 bits per heavy atom. The second-order valence-corrected chi connectivity index (χ2v) is 4.35. The third kappa shape index (κ3) is 2.53. The number of aromatic nitrogens is 3. The Labute approximate surface area is 124 Å². The van der Waals surface area contributed by atoms with Crippen LogP contribution in [-0.2, 0) is 0 Å². The zero-order valence-corrected chi connectivity index (χ0v) is 11.1. The van der Waals surface area contributed by atoms with Crippen molar-refractivity contribution >= 4 is 5.97 Å². The van der Waals surface area contributed by atoms with Crippen LogP contribution in [0.1, 0.15) is 15.9 Å². The van der Waals surface area contributed by atoms with E-state index < -0.39 is 5.97 Å². The zero-order chi connectivity index (χ0) is 15.5. The van der Waals surface area contributed by atoms with Crippen molar-refractivity contribution in [3.8, 4) is 29.0 Å². The summed E-state index contributed by atoms with van der Waals surface area (Å²) in [6.45, 7) is 0. The van der Waals surface area contributed by atoms with Crippen LogP contribution in [0.3, 0.4) is 0 Å². The summed E-state index contributed by atoms with van der Waals surface area (Å²) >= 11 is 0. The van der Waals surface area contributed by atoms with Gasteiger partial charge in [0.1, 0.15) is 5.69 Å². The third-order valence-corrected chi connectivity index (χ3v) is 2.90. The first kappa shape index (κ1) is 13.5. The average molecular weight is 292 g/mol. The van der Waals surface area contributed by atoms with E-state index in [1.54, 1.807) is 24.3 Å². The van der Waals surface area contributed by atoms with Gasteiger partial charge in [-0.3, -0.25) is 4.98 Å².